The summed E-state index contributed by atoms with van der Waals surface area (Å²) in [6.07, 6.45) is 2.39. The van der Waals surface area contributed by atoms with E-state index in [0.29, 0.717) is 12.1 Å². The van der Waals surface area contributed by atoms with E-state index in [9.17, 15) is 4.79 Å². The van der Waals surface area contributed by atoms with Crippen LogP contribution in [0.2, 0.25) is 5.02 Å². The molecule has 4 rings (SSSR count). The minimum absolute atomic E-state index is 0.0388. The van der Waals surface area contributed by atoms with Crippen molar-refractivity contribution >= 4 is 28.3 Å². The summed E-state index contributed by atoms with van der Waals surface area (Å²) in [4.78, 5) is 15.4. The van der Waals surface area contributed by atoms with E-state index in [1.165, 1.54) is 12.8 Å². The monoisotopic (exact) mass is 378 g/mol. The average molecular weight is 379 g/mol. The normalized spacial score (nSPS) is 15.7. The Morgan fingerprint density at radius 2 is 1.67 bits per heavy atom. The lowest BCUT2D eigenvalue weighted by Crippen LogP contribution is -2.37. The summed E-state index contributed by atoms with van der Waals surface area (Å²) >= 11 is 6.47. The number of rotatable bonds is 5. The molecule has 0 aromatic heterocycles. The van der Waals surface area contributed by atoms with Crippen molar-refractivity contribution < 1.29 is 4.79 Å². The highest BCUT2D eigenvalue weighted by Gasteiger charge is 2.25. The maximum Gasteiger partial charge on any atom is 0.251 e. The molecule has 27 heavy (non-hydrogen) atoms. The van der Waals surface area contributed by atoms with Gasteiger partial charge in [-0.1, -0.05) is 66.2 Å². The topological polar surface area (TPSA) is 32.3 Å². The van der Waals surface area contributed by atoms with Gasteiger partial charge in [-0.3, -0.25) is 9.69 Å². The van der Waals surface area contributed by atoms with Crippen molar-refractivity contribution in [2.45, 2.75) is 18.9 Å². The highest BCUT2D eigenvalue weighted by molar-refractivity contribution is 6.31. The fraction of sp³-hybridized carbons (Fsp3) is 0.261. The van der Waals surface area contributed by atoms with Crippen molar-refractivity contribution in [2.24, 2.45) is 0 Å². The number of carbonyl (C=O) groups is 1. The molecular formula is C23H23ClN2O. The van der Waals surface area contributed by atoms with E-state index in [0.717, 1.165) is 34.4 Å². The van der Waals surface area contributed by atoms with Gasteiger partial charge in [0.2, 0.25) is 0 Å². The quantitative estimate of drug-likeness (QED) is 0.673. The van der Waals surface area contributed by atoms with Crippen LogP contribution in [-0.4, -0.2) is 30.4 Å². The number of nitrogens with zero attached hydrogens (tertiary/aromatic N) is 1. The Balaban J connectivity index is 1.57. The maximum absolute atomic E-state index is 12.9. The van der Waals surface area contributed by atoms with E-state index in [4.69, 9.17) is 11.6 Å². The van der Waals surface area contributed by atoms with Gasteiger partial charge < -0.3 is 5.32 Å². The number of fused-ring (bicyclic) bond motifs is 1. The van der Waals surface area contributed by atoms with Gasteiger partial charge in [0.15, 0.2) is 0 Å². The van der Waals surface area contributed by atoms with E-state index >= 15 is 0 Å². The van der Waals surface area contributed by atoms with E-state index in [-0.39, 0.29) is 11.9 Å². The van der Waals surface area contributed by atoms with Gasteiger partial charge in [0.25, 0.3) is 5.91 Å². The van der Waals surface area contributed by atoms with Crippen molar-refractivity contribution in [2.75, 3.05) is 19.6 Å². The predicted octanol–water partition coefficient (Wildman–Crippen LogP) is 5.06. The Kier molecular flexibility index (Phi) is 5.42. The Bertz CT molecular complexity index is 945. The van der Waals surface area contributed by atoms with Crippen molar-refractivity contribution in [1.29, 1.82) is 0 Å². The predicted molar refractivity (Wildman–Crippen MR) is 111 cm³/mol. The van der Waals surface area contributed by atoms with Crippen LogP contribution in [0.25, 0.3) is 10.8 Å². The van der Waals surface area contributed by atoms with Crippen LogP contribution in [0.5, 0.6) is 0 Å². The Morgan fingerprint density at radius 1 is 0.963 bits per heavy atom. The van der Waals surface area contributed by atoms with Gasteiger partial charge >= 0.3 is 0 Å². The molecule has 4 heteroatoms. The van der Waals surface area contributed by atoms with Crippen LogP contribution in [0.15, 0.2) is 66.7 Å². The molecule has 1 atom stereocenters. The third-order valence-corrected chi connectivity index (χ3v) is 5.68. The summed E-state index contributed by atoms with van der Waals surface area (Å²) < 4.78 is 0. The molecule has 3 aromatic rings. The molecule has 1 saturated heterocycles. The summed E-state index contributed by atoms with van der Waals surface area (Å²) in [5.74, 6) is -0.0388. The molecule has 0 aliphatic carbocycles. The number of halogens is 1. The Hall–Kier alpha value is -2.36. The summed E-state index contributed by atoms with van der Waals surface area (Å²) in [6, 6.07) is 21.9. The van der Waals surface area contributed by atoms with Crippen molar-refractivity contribution in [1.82, 2.24) is 10.2 Å². The zero-order chi connectivity index (χ0) is 18.6. The van der Waals surface area contributed by atoms with Crippen LogP contribution < -0.4 is 5.32 Å². The fourth-order valence-electron chi connectivity index (χ4n) is 3.94. The number of likely N-dealkylation sites (tertiary alicyclic amines) is 1. The highest BCUT2D eigenvalue weighted by atomic mass is 35.5. The lowest BCUT2D eigenvalue weighted by atomic mass is 10.0. The number of hydrogen-bond donors (Lipinski definition) is 1. The number of nitrogens with one attached hydrogen (secondary N) is 1. The van der Waals surface area contributed by atoms with Crippen LogP contribution in [-0.2, 0) is 0 Å². The molecule has 3 aromatic carbocycles. The summed E-state index contributed by atoms with van der Waals surface area (Å²) in [5, 5.41) is 5.97. The summed E-state index contributed by atoms with van der Waals surface area (Å²) in [5.41, 5.74) is 1.80. The molecule has 1 fully saturated rings. The first-order chi connectivity index (χ1) is 13.2. The van der Waals surface area contributed by atoms with Gasteiger partial charge in [-0.05, 0) is 54.4 Å². The van der Waals surface area contributed by atoms with Crippen LogP contribution in [0.3, 0.4) is 0 Å². The molecule has 1 aliphatic heterocycles. The minimum Gasteiger partial charge on any atom is -0.350 e. The first-order valence-electron chi connectivity index (χ1n) is 9.48. The molecule has 0 saturated carbocycles. The third-order valence-electron chi connectivity index (χ3n) is 5.34. The van der Waals surface area contributed by atoms with Gasteiger partial charge in [-0.15, -0.1) is 0 Å². The second kappa shape index (κ2) is 8.12. The zero-order valence-corrected chi connectivity index (χ0v) is 16.0. The van der Waals surface area contributed by atoms with Crippen molar-refractivity contribution in [3.63, 3.8) is 0 Å². The molecule has 0 spiro atoms. The van der Waals surface area contributed by atoms with Gasteiger partial charge in [0, 0.05) is 17.1 Å². The number of amides is 1. The first-order valence-corrected chi connectivity index (χ1v) is 9.86. The minimum atomic E-state index is -0.0388. The molecule has 1 heterocycles. The van der Waals surface area contributed by atoms with Gasteiger partial charge in [0.1, 0.15) is 0 Å². The molecule has 1 amide bonds. The summed E-state index contributed by atoms with van der Waals surface area (Å²) in [7, 11) is 0. The maximum atomic E-state index is 12.9. The van der Waals surface area contributed by atoms with Crippen molar-refractivity contribution in [3.05, 3.63) is 82.9 Å². The number of benzene rings is 3. The zero-order valence-electron chi connectivity index (χ0n) is 15.2. The Labute approximate surface area is 164 Å². The van der Waals surface area contributed by atoms with Gasteiger partial charge in [-0.25, -0.2) is 0 Å². The van der Waals surface area contributed by atoms with Crippen LogP contribution in [0.1, 0.15) is 34.8 Å². The Morgan fingerprint density at radius 3 is 2.48 bits per heavy atom. The lowest BCUT2D eigenvalue weighted by Gasteiger charge is -2.29. The largest absolute Gasteiger partial charge is 0.350 e. The smallest absolute Gasteiger partial charge is 0.251 e. The molecule has 1 N–H and O–H groups in total. The standard InChI is InChI=1S/C23H23ClN2O/c24-21-13-4-3-11-20(21)22(26-14-5-6-15-26)16-25-23(27)19-12-7-9-17-8-1-2-10-18(17)19/h1-4,7-13,22H,5-6,14-16H2,(H,25,27)/t22-/m0/s1. The molecule has 0 radical (unpaired) electrons. The van der Waals surface area contributed by atoms with Crippen LogP contribution in [0.4, 0.5) is 0 Å². The van der Waals surface area contributed by atoms with Gasteiger partial charge in [0.05, 0.1) is 6.04 Å². The third kappa shape index (κ3) is 3.85. The second-order valence-electron chi connectivity index (χ2n) is 7.02. The van der Waals surface area contributed by atoms with Crippen LogP contribution >= 0.6 is 11.6 Å². The summed E-state index contributed by atoms with van der Waals surface area (Å²) in [6.45, 7) is 2.63. The average Bonchev–Trinajstić information content (AvgIpc) is 3.23. The molecule has 138 valence electrons. The molecule has 3 nitrogen and oxygen atoms in total. The SMILES string of the molecule is O=C(NC[C@@H](c1ccccc1Cl)N1CCCC1)c1cccc2ccccc12. The van der Waals surface area contributed by atoms with E-state index < -0.39 is 0 Å². The molecular weight excluding hydrogens is 356 g/mol. The number of hydrogen-bond acceptors (Lipinski definition) is 2. The van der Waals surface area contributed by atoms with E-state index in [1.54, 1.807) is 0 Å². The van der Waals surface area contributed by atoms with Gasteiger partial charge in [-0.2, -0.15) is 0 Å². The molecule has 0 unspecified atom stereocenters. The van der Waals surface area contributed by atoms with E-state index in [1.807, 2.05) is 60.7 Å². The van der Waals surface area contributed by atoms with Crippen molar-refractivity contribution in [3.8, 4) is 0 Å². The molecule has 1 aliphatic rings. The highest BCUT2D eigenvalue weighted by Crippen LogP contribution is 2.30. The lowest BCUT2D eigenvalue weighted by molar-refractivity contribution is 0.0939. The van der Waals surface area contributed by atoms with E-state index in [2.05, 4.69) is 16.3 Å². The fourth-order valence-corrected chi connectivity index (χ4v) is 4.20. The molecule has 0 bridgehead atoms. The van der Waals surface area contributed by atoms with Crippen LogP contribution in [0, 0.1) is 0 Å². The first kappa shape index (κ1) is 18.0. The second-order valence-corrected chi connectivity index (χ2v) is 7.42. The number of carbonyl (C=O) groups excluding carboxylic acids is 1.